The van der Waals surface area contributed by atoms with E-state index in [1.165, 1.54) is 0 Å². The summed E-state index contributed by atoms with van der Waals surface area (Å²) in [6, 6.07) is 5.12. The van der Waals surface area contributed by atoms with Gasteiger partial charge in [0.2, 0.25) is 5.91 Å². The predicted molar refractivity (Wildman–Crippen MR) is 86.0 cm³/mol. The van der Waals surface area contributed by atoms with Crippen molar-refractivity contribution >= 4 is 11.8 Å². The molecule has 0 atom stereocenters. The topological polar surface area (TPSA) is 71.1 Å². The Kier molecular flexibility index (Phi) is 5.81. The molecule has 1 aromatic rings. The normalized spacial score (nSPS) is 14.6. The van der Waals surface area contributed by atoms with Crippen LogP contribution in [0.15, 0.2) is 18.2 Å². The maximum Gasteiger partial charge on any atom is 0.254 e. The molecular formula is C16H23N3O4. The molecule has 0 spiro atoms. The fourth-order valence-corrected chi connectivity index (χ4v) is 2.54. The maximum atomic E-state index is 12.6. The first-order valence-corrected chi connectivity index (χ1v) is 7.53. The van der Waals surface area contributed by atoms with E-state index in [1.54, 1.807) is 49.3 Å². The summed E-state index contributed by atoms with van der Waals surface area (Å²) in [5.74, 6) is 1.14. The molecule has 0 saturated carbocycles. The third-order valence-corrected chi connectivity index (χ3v) is 3.85. The van der Waals surface area contributed by atoms with E-state index >= 15 is 0 Å². The molecule has 0 aliphatic carbocycles. The molecule has 0 aromatic heterocycles. The Morgan fingerprint density at radius 1 is 1.00 bits per heavy atom. The van der Waals surface area contributed by atoms with E-state index in [9.17, 15) is 9.59 Å². The fraction of sp³-hybridized carbons (Fsp3) is 0.500. The molecule has 7 nitrogen and oxygen atoms in total. The van der Waals surface area contributed by atoms with Crippen LogP contribution in [-0.4, -0.2) is 75.6 Å². The number of hydrogen-bond acceptors (Lipinski definition) is 5. The summed E-state index contributed by atoms with van der Waals surface area (Å²) < 4.78 is 10.4. The number of hydrogen-bond donors (Lipinski definition) is 1. The quantitative estimate of drug-likeness (QED) is 0.839. The minimum atomic E-state index is -0.0806. The van der Waals surface area contributed by atoms with Gasteiger partial charge in [0, 0.05) is 37.8 Å². The highest BCUT2D eigenvalue weighted by Gasteiger charge is 2.25. The molecule has 1 saturated heterocycles. The monoisotopic (exact) mass is 321 g/mol. The average molecular weight is 321 g/mol. The molecule has 1 aliphatic rings. The zero-order valence-electron chi connectivity index (χ0n) is 13.8. The van der Waals surface area contributed by atoms with Gasteiger partial charge >= 0.3 is 0 Å². The summed E-state index contributed by atoms with van der Waals surface area (Å²) in [7, 11) is 4.85. The SMILES string of the molecule is CNCC(=O)N1CCN(C(=O)c2cc(OC)cc(OC)c2)CC1. The van der Waals surface area contributed by atoms with Crippen LogP contribution >= 0.6 is 0 Å². The highest BCUT2D eigenvalue weighted by Crippen LogP contribution is 2.23. The summed E-state index contributed by atoms with van der Waals surface area (Å²) in [6.07, 6.45) is 0. The van der Waals surface area contributed by atoms with Crippen LogP contribution in [-0.2, 0) is 4.79 Å². The summed E-state index contributed by atoms with van der Waals surface area (Å²) in [4.78, 5) is 28.0. The van der Waals surface area contributed by atoms with Crippen LogP contribution in [0, 0.1) is 0 Å². The third-order valence-electron chi connectivity index (χ3n) is 3.85. The predicted octanol–water partition coefficient (Wildman–Crippen LogP) is 0.208. The van der Waals surface area contributed by atoms with Gasteiger partial charge in [-0.3, -0.25) is 9.59 Å². The first-order chi connectivity index (χ1) is 11.1. The Hall–Kier alpha value is -2.28. The van der Waals surface area contributed by atoms with Crippen molar-refractivity contribution in [2.45, 2.75) is 0 Å². The number of nitrogens with one attached hydrogen (secondary N) is 1. The molecule has 1 heterocycles. The lowest BCUT2D eigenvalue weighted by atomic mass is 10.1. The molecular weight excluding hydrogens is 298 g/mol. The molecule has 1 aromatic carbocycles. The van der Waals surface area contributed by atoms with Crippen LogP contribution in [0.2, 0.25) is 0 Å². The number of likely N-dealkylation sites (N-methyl/N-ethyl adjacent to an activating group) is 1. The molecule has 2 rings (SSSR count). The average Bonchev–Trinajstić information content (AvgIpc) is 2.60. The molecule has 126 valence electrons. The van der Waals surface area contributed by atoms with Crippen LogP contribution in [0.25, 0.3) is 0 Å². The van der Waals surface area contributed by atoms with Gasteiger partial charge in [0.25, 0.3) is 5.91 Å². The smallest absolute Gasteiger partial charge is 0.254 e. The van der Waals surface area contributed by atoms with Crippen molar-refractivity contribution in [3.63, 3.8) is 0 Å². The van der Waals surface area contributed by atoms with Gasteiger partial charge in [-0.2, -0.15) is 0 Å². The lowest BCUT2D eigenvalue weighted by Crippen LogP contribution is -2.52. The van der Waals surface area contributed by atoms with Crippen molar-refractivity contribution < 1.29 is 19.1 Å². The zero-order valence-corrected chi connectivity index (χ0v) is 13.8. The van der Waals surface area contributed by atoms with Gasteiger partial charge in [0.15, 0.2) is 0 Å². The summed E-state index contributed by atoms with van der Waals surface area (Å²) in [5.41, 5.74) is 0.524. The number of ether oxygens (including phenoxy) is 2. The van der Waals surface area contributed by atoms with E-state index in [1.807, 2.05) is 0 Å². The van der Waals surface area contributed by atoms with Gasteiger partial charge in [-0.05, 0) is 19.2 Å². The van der Waals surface area contributed by atoms with Crippen LogP contribution < -0.4 is 14.8 Å². The second kappa shape index (κ2) is 7.82. The number of benzene rings is 1. The van der Waals surface area contributed by atoms with Crippen LogP contribution in [0.4, 0.5) is 0 Å². The van der Waals surface area contributed by atoms with Gasteiger partial charge in [0.1, 0.15) is 11.5 Å². The summed E-state index contributed by atoms with van der Waals surface area (Å²) >= 11 is 0. The summed E-state index contributed by atoms with van der Waals surface area (Å²) in [5, 5.41) is 2.85. The minimum Gasteiger partial charge on any atom is -0.497 e. The van der Waals surface area contributed by atoms with E-state index in [0.717, 1.165) is 0 Å². The molecule has 0 bridgehead atoms. The van der Waals surface area contributed by atoms with Crippen molar-refractivity contribution in [1.29, 1.82) is 0 Å². The van der Waals surface area contributed by atoms with E-state index < -0.39 is 0 Å². The van der Waals surface area contributed by atoms with E-state index in [4.69, 9.17) is 9.47 Å². The van der Waals surface area contributed by atoms with E-state index in [-0.39, 0.29) is 11.8 Å². The van der Waals surface area contributed by atoms with Crippen molar-refractivity contribution in [3.8, 4) is 11.5 Å². The molecule has 1 aliphatic heterocycles. The number of methoxy groups -OCH3 is 2. The highest BCUT2D eigenvalue weighted by atomic mass is 16.5. The standard InChI is InChI=1S/C16H23N3O4/c1-17-11-15(20)18-4-6-19(7-5-18)16(21)12-8-13(22-2)10-14(9-12)23-3/h8-10,17H,4-7,11H2,1-3H3. The van der Waals surface area contributed by atoms with Crippen molar-refractivity contribution in [2.24, 2.45) is 0 Å². The fourth-order valence-electron chi connectivity index (χ4n) is 2.54. The Balaban J connectivity index is 2.03. The van der Waals surface area contributed by atoms with E-state index in [0.29, 0.717) is 49.8 Å². The van der Waals surface area contributed by atoms with Gasteiger partial charge in [-0.1, -0.05) is 0 Å². The number of nitrogens with zero attached hydrogens (tertiary/aromatic N) is 2. The lowest BCUT2D eigenvalue weighted by Gasteiger charge is -2.34. The first-order valence-electron chi connectivity index (χ1n) is 7.53. The van der Waals surface area contributed by atoms with Gasteiger partial charge in [0.05, 0.1) is 20.8 Å². The van der Waals surface area contributed by atoms with Crippen LogP contribution in [0.5, 0.6) is 11.5 Å². The number of rotatable bonds is 5. The first kappa shape index (κ1) is 17.1. The van der Waals surface area contributed by atoms with Crippen molar-refractivity contribution in [3.05, 3.63) is 23.8 Å². The second-order valence-corrected chi connectivity index (χ2v) is 5.30. The molecule has 0 radical (unpaired) electrons. The summed E-state index contributed by atoms with van der Waals surface area (Å²) in [6.45, 7) is 2.46. The van der Waals surface area contributed by atoms with Crippen molar-refractivity contribution in [1.82, 2.24) is 15.1 Å². The van der Waals surface area contributed by atoms with Crippen LogP contribution in [0.3, 0.4) is 0 Å². The Morgan fingerprint density at radius 2 is 1.52 bits per heavy atom. The molecule has 23 heavy (non-hydrogen) atoms. The van der Waals surface area contributed by atoms with Gasteiger partial charge in [-0.25, -0.2) is 0 Å². The number of amides is 2. The number of carbonyl (C=O) groups excluding carboxylic acids is 2. The Labute approximate surface area is 136 Å². The van der Waals surface area contributed by atoms with Crippen LogP contribution in [0.1, 0.15) is 10.4 Å². The third kappa shape index (κ3) is 4.13. The lowest BCUT2D eigenvalue weighted by molar-refractivity contribution is -0.131. The number of piperazine rings is 1. The molecule has 1 fully saturated rings. The second-order valence-electron chi connectivity index (χ2n) is 5.30. The molecule has 0 unspecified atom stereocenters. The maximum absolute atomic E-state index is 12.6. The van der Waals surface area contributed by atoms with Crippen molar-refractivity contribution in [2.75, 3.05) is 54.0 Å². The largest absolute Gasteiger partial charge is 0.497 e. The zero-order chi connectivity index (χ0) is 16.8. The Morgan fingerprint density at radius 3 is 2.00 bits per heavy atom. The van der Waals surface area contributed by atoms with E-state index in [2.05, 4.69) is 5.32 Å². The van der Waals surface area contributed by atoms with Gasteiger partial charge < -0.3 is 24.6 Å². The molecule has 7 heteroatoms. The van der Waals surface area contributed by atoms with Gasteiger partial charge in [-0.15, -0.1) is 0 Å². The molecule has 1 N–H and O–H groups in total. The number of carbonyl (C=O) groups is 2. The minimum absolute atomic E-state index is 0.0580. The Bertz CT molecular complexity index is 546. The molecule has 2 amide bonds. The highest BCUT2D eigenvalue weighted by molar-refractivity contribution is 5.95.